The number of ether oxygens (including phenoxy) is 1. The number of aromatic nitrogens is 4. The van der Waals surface area contributed by atoms with E-state index in [0.717, 1.165) is 43.6 Å². The summed E-state index contributed by atoms with van der Waals surface area (Å²) in [5.74, 6) is 1.71. The van der Waals surface area contributed by atoms with Crippen LogP contribution in [-0.4, -0.2) is 50.0 Å². The first kappa shape index (κ1) is 20.0. The van der Waals surface area contributed by atoms with Gasteiger partial charge in [0.15, 0.2) is 5.82 Å². The number of carbonyl (C=O) groups is 1. The molecule has 3 atom stereocenters. The predicted molar refractivity (Wildman–Crippen MR) is 106 cm³/mol. The van der Waals surface area contributed by atoms with Crippen LogP contribution in [0, 0.1) is 5.92 Å². The minimum atomic E-state index is -0.523. The zero-order valence-corrected chi connectivity index (χ0v) is 16.8. The number of aliphatic hydroxyl groups excluding tert-OH is 1. The number of aliphatic hydroxyl groups is 1. The van der Waals surface area contributed by atoms with Crippen LogP contribution in [0.2, 0.25) is 0 Å². The summed E-state index contributed by atoms with van der Waals surface area (Å²) in [7, 11) is 1.62. The molecular formula is C21H29N5O3. The largest absolute Gasteiger partial charge is 0.391 e. The van der Waals surface area contributed by atoms with Gasteiger partial charge < -0.3 is 15.2 Å². The Morgan fingerprint density at radius 1 is 1.31 bits per heavy atom. The highest BCUT2D eigenvalue weighted by molar-refractivity contribution is 5.79. The standard InChI is InChI=1S/C21H29N5O3/c1-29-13-19-24-20(26(25-19)16-7-4-10-22-12-16)15-8-9-18(27)17(11-15)23-21(28)14-5-2-3-6-14/h4,7,10,12,14-15,17-18,27H,2-3,5-6,8-9,11,13H2,1H3,(H,23,28)/t15-,17+,18+/m0/s1. The quantitative estimate of drug-likeness (QED) is 0.771. The van der Waals surface area contributed by atoms with Crippen molar-refractivity contribution in [2.45, 2.75) is 69.6 Å². The number of hydrogen-bond donors (Lipinski definition) is 2. The molecule has 0 aliphatic heterocycles. The van der Waals surface area contributed by atoms with E-state index in [1.165, 1.54) is 0 Å². The number of methoxy groups -OCH3 is 1. The van der Waals surface area contributed by atoms with Gasteiger partial charge in [0.2, 0.25) is 5.91 Å². The summed E-state index contributed by atoms with van der Waals surface area (Å²) in [5.41, 5.74) is 0.843. The Balaban J connectivity index is 1.54. The molecule has 2 aliphatic rings. The van der Waals surface area contributed by atoms with Crippen LogP contribution in [0.5, 0.6) is 0 Å². The number of nitrogens with one attached hydrogen (secondary N) is 1. The molecule has 0 unspecified atom stereocenters. The van der Waals surface area contributed by atoms with Gasteiger partial charge >= 0.3 is 0 Å². The number of carbonyl (C=O) groups excluding carboxylic acids is 1. The molecule has 0 aromatic carbocycles. The molecule has 8 nitrogen and oxygen atoms in total. The van der Waals surface area contributed by atoms with E-state index in [1.54, 1.807) is 19.5 Å². The summed E-state index contributed by atoms with van der Waals surface area (Å²) >= 11 is 0. The van der Waals surface area contributed by atoms with Crippen LogP contribution < -0.4 is 5.32 Å². The first-order chi connectivity index (χ1) is 14.2. The molecule has 2 saturated carbocycles. The van der Waals surface area contributed by atoms with E-state index in [0.29, 0.717) is 25.3 Å². The third kappa shape index (κ3) is 4.48. The van der Waals surface area contributed by atoms with E-state index in [9.17, 15) is 9.90 Å². The summed E-state index contributed by atoms with van der Waals surface area (Å²) in [6.07, 6.45) is 9.15. The van der Waals surface area contributed by atoms with Crippen LogP contribution >= 0.6 is 0 Å². The van der Waals surface area contributed by atoms with E-state index in [1.807, 2.05) is 16.8 Å². The highest BCUT2D eigenvalue weighted by atomic mass is 16.5. The number of rotatable bonds is 6. The molecule has 2 aliphatic carbocycles. The third-order valence-electron chi connectivity index (χ3n) is 6.07. The van der Waals surface area contributed by atoms with Gasteiger partial charge in [-0.1, -0.05) is 12.8 Å². The minimum absolute atomic E-state index is 0.0843. The van der Waals surface area contributed by atoms with Crippen molar-refractivity contribution in [1.29, 1.82) is 0 Å². The fourth-order valence-electron chi connectivity index (χ4n) is 4.52. The first-order valence-corrected chi connectivity index (χ1v) is 10.5. The second-order valence-corrected chi connectivity index (χ2v) is 8.12. The molecule has 4 rings (SSSR count). The molecule has 8 heteroatoms. The lowest BCUT2D eigenvalue weighted by Gasteiger charge is -2.34. The zero-order chi connectivity index (χ0) is 20.2. The van der Waals surface area contributed by atoms with Crippen molar-refractivity contribution in [3.05, 3.63) is 36.2 Å². The predicted octanol–water partition coefficient (Wildman–Crippen LogP) is 2.11. The lowest BCUT2D eigenvalue weighted by molar-refractivity contribution is -0.126. The summed E-state index contributed by atoms with van der Waals surface area (Å²) in [6.45, 7) is 0.331. The fourth-order valence-corrected chi connectivity index (χ4v) is 4.52. The zero-order valence-electron chi connectivity index (χ0n) is 16.8. The third-order valence-corrected chi connectivity index (χ3v) is 6.07. The number of nitrogens with zero attached hydrogens (tertiary/aromatic N) is 4. The molecule has 1 amide bonds. The highest BCUT2D eigenvalue weighted by Gasteiger charge is 2.35. The SMILES string of the molecule is COCc1nc([C@H]2CC[C@@H](O)[C@H](NC(=O)C3CCCC3)C2)n(-c2cccnc2)n1. The van der Waals surface area contributed by atoms with Gasteiger partial charge in [0.05, 0.1) is 24.0 Å². The van der Waals surface area contributed by atoms with E-state index in [-0.39, 0.29) is 23.8 Å². The molecule has 0 saturated heterocycles. The van der Waals surface area contributed by atoms with Crippen LogP contribution in [0.1, 0.15) is 62.5 Å². The number of amides is 1. The Labute approximate surface area is 170 Å². The smallest absolute Gasteiger partial charge is 0.223 e. The number of hydrogen-bond acceptors (Lipinski definition) is 6. The van der Waals surface area contributed by atoms with E-state index >= 15 is 0 Å². The molecule has 2 N–H and O–H groups in total. The van der Waals surface area contributed by atoms with Crippen molar-refractivity contribution in [3.8, 4) is 5.69 Å². The van der Waals surface area contributed by atoms with E-state index < -0.39 is 6.10 Å². The van der Waals surface area contributed by atoms with Gasteiger partial charge in [-0.15, -0.1) is 5.10 Å². The molecule has 156 valence electrons. The van der Waals surface area contributed by atoms with Gasteiger partial charge in [-0.25, -0.2) is 9.67 Å². The normalized spacial score (nSPS) is 25.2. The van der Waals surface area contributed by atoms with Gasteiger partial charge in [0, 0.05) is 25.1 Å². The summed E-state index contributed by atoms with van der Waals surface area (Å²) in [4.78, 5) is 21.5. The molecule has 2 aromatic heterocycles. The second kappa shape index (κ2) is 9.00. The van der Waals surface area contributed by atoms with Gasteiger partial charge in [0.1, 0.15) is 12.4 Å². The van der Waals surface area contributed by atoms with Crippen LogP contribution in [0.15, 0.2) is 24.5 Å². The lowest BCUT2D eigenvalue weighted by Crippen LogP contribution is -2.48. The van der Waals surface area contributed by atoms with Crippen LogP contribution in [0.25, 0.3) is 5.69 Å². The molecule has 0 radical (unpaired) electrons. The maximum atomic E-state index is 12.6. The summed E-state index contributed by atoms with van der Waals surface area (Å²) < 4.78 is 7.04. The molecule has 2 aromatic rings. The van der Waals surface area contributed by atoms with Gasteiger partial charge in [-0.2, -0.15) is 0 Å². The van der Waals surface area contributed by atoms with Gasteiger partial charge in [-0.3, -0.25) is 9.78 Å². The van der Waals surface area contributed by atoms with Gasteiger partial charge in [-0.05, 0) is 44.2 Å². The monoisotopic (exact) mass is 399 g/mol. The average molecular weight is 399 g/mol. The average Bonchev–Trinajstić information content (AvgIpc) is 3.41. The first-order valence-electron chi connectivity index (χ1n) is 10.5. The van der Waals surface area contributed by atoms with Crippen LogP contribution in [0.4, 0.5) is 0 Å². The van der Waals surface area contributed by atoms with Crippen LogP contribution in [0.3, 0.4) is 0 Å². The molecule has 2 heterocycles. The molecule has 0 spiro atoms. The Morgan fingerprint density at radius 2 is 2.14 bits per heavy atom. The summed E-state index contributed by atoms with van der Waals surface area (Å²) in [5, 5.41) is 18.2. The maximum Gasteiger partial charge on any atom is 0.223 e. The Hall–Kier alpha value is -2.32. The maximum absolute atomic E-state index is 12.6. The molecule has 2 fully saturated rings. The van der Waals surface area contributed by atoms with Crippen molar-refractivity contribution < 1.29 is 14.6 Å². The summed E-state index contributed by atoms with van der Waals surface area (Å²) in [6, 6.07) is 3.55. The topological polar surface area (TPSA) is 102 Å². The Morgan fingerprint density at radius 3 is 2.86 bits per heavy atom. The highest BCUT2D eigenvalue weighted by Crippen LogP contribution is 2.34. The molecule has 29 heavy (non-hydrogen) atoms. The number of pyridine rings is 1. The fraction of sp³-hybridized carbons (Fsp3) is 0.619. The van der Waals surface area contributed by atoms with E-state index in [4.69, 9.17) is 9.72 Å². The van der Waals surface area contributed by atoms with Crippen molar-refractivity contribution >= 4 is 5.91 Å². The Kier molecular flexibility index (Phi) is 6.20. The van der Waals surface area contributed by atoms with E-state index in [2.05, 4.69) is 15.4 Å². The molecular weight excluding hydrogens is 370 g/mol. The second-order valence-electron chi connectivity index (χ2n) is 8.12. The van der Waals surface area contributed by atoms with Crippen molar-refractivity contribution in [2.75, 3.05) is 7.11 Å². The minimum Gasteiger partial charge on any atom is -0.391 e. The Bertz CT molecular complexity index is 819. The van der Waals surface area contributed by atoms with Crippen molar-refractivity contribution in [2.24, 2.45) is 5.92 Å². The van der Waals surface area contributed by atoms with Crippen molar-refractivity contribution in [3.63, 3.8) is 0 Å². The van der Waals surface area contributed by atoms with Crippen LogP contribution in [-0.2, 0) is 16.1 Å². The van der Waals surface area contributed by atoms with Gasteiger partial charge in [0.25, 0.3) is 0 Å². The molecule has 0 bridgehead atoms. The lowest BCUT2D eigenvalue weighted by atomic mass is 9.83. The van der Waals surface area contributed by atoms with Crippen molar-refractivity contribution in [1.82, 2.24) is 25.1 Å².